The van der Waals surface area contributed by atoms with Gasteiger partial charge in [-0.2, -0.15) is 11.8 Å². The minimum Gasteiger partial charge on any atom is -0.356 e. The van der Waals surface area contributed by atoms with Crippen LogP contribution in [0.3, 0.4) is 0 Å². The topological polar surface area (TPSA) is 39.7 Å². The smallest absolute Gasteiger partial charge is 0.191 e. The lowest BCUT2D eigenvalue weighted by Crippen LogP contribution is -2.43. The van der Waals surface area contributed by atoms with Gasteiger partial charge >= 0.3 is 0 Å². The van der Waals surface area contributed by atoms with Gasteiger partial charge in [0.05, 0.1) is 0 Å². The van der Waals surface area contributed by atoms with E-state index >= 15 is 0 Å². The summed E-state index contributed by atoms with van der Waals surface area (Å²) >= 11 is 1.85. The Kier molecular flexibility index (Phi) is 12.3. The molecule has 0 aromatic rings. The van der Waals surface area contributed by atoms with Crippen molar-refractivity contribution in [2.24, 2.45) is 10.9 Å². The molecular weight excluding hydrogens is 371 g/mol. The van der Waals surface area contributed by atoms with Crippen LogP contribution in [0.2, 0.25) is 0 Å². The van der Waals surface area contributed by atoms with E-state index in [-0.39, 0.29) is 24.0 Å². The number of hydrogen-bond donors (Lipinski definition) is 2. The normalized spacial score (nSPS) is 17.9. The lowest BCUT2D eigenvalue weighted by Gasteiger charge is -2.30. The molecule has 4 nitrogen and oxygen atoms in total. The Bertz CT molecular complexity index is 243. The summed E-state index contributed by atoms with van der Waals surface area (Å²) in [5.74, 6) is 2.95. The molecule has 1 rings (SSSR count). The number of aliphatic imine (C=N–C) groups is 1. The predicted octanol–water partition coefficient (Wildman–Crippen LogP) is 1.86. The number of likely N-dealkylation sites (tertiary alicyclic amines) is 1. The highest BCUT2D eigenvalue weighted by molar-refractivity contribution is 14.0. The fraction of sp³-hybridized carbons (Fsp3) is 0.923. The van der Waals surface area contributed by atoms with Crippen molar-refractivity contribution in [2.75, 3.05) is 51.8 Å². The molecule has 0 bridgehead atoms. The van der Waals surface area contributed by atoms with Crippen LogP contribution >= 0.6 is 35.7 Å². The fourth-order valence-corrected chi connectivity index (χ4v) is 2.42. The highest BCUT2D eigenvalue weighted by atomic mass is 127. The zero-order valence-corrected chi connectivity index (χ0v) is 15.6. The van der Waals surface area contributed by atoms with Gasteiger partial charge in [0.2, 0.25) is 0 Å². The molecular formula is C13H29IN4S. The van der Waals surface area contributed by atoms with Crippen LogP contribution < -0.4 is 10.6 Å². The van der Waals surface area contributed by atoms with E-state index in [9.17, 15) is 0 Å². The first-order valence-electron chi connectivity index (χ1n) is 6.92. The Balaban J connectivity index is 0.00000324. The molecule has 6 heteroatoms. The van der Waals surface area contributed by atoms with Gasteiger partial charge < -0.3 is 15.5 Å². The van der Waals surface area contributed by atoms with Crippen LogP contribution in [0.15, 0.2) is 4.99 Å². The van der Waals surface area contributed by atoms with Gasteiger partial charge in [0.25, 0.3) is 0 Å². The average molecular weight is 400 g/mol. The van der Waals surface area contributed by atoms with Crippen LogP contribution in [-0.4, -0.2) is 62.6 Å². The Hall–Kier alpha value is 0.310. The first kappa shape index (κ1) is 19.3. The van der Waals surface area contributed by atoms with Crippen LogP contribution in [0.1, 0.15) is 19.8 Å². The van der Waals surface area contributed by atoms with E-state index in [1.54, 1.807) is 0 Å². The summed E-state index contributed by atoms with van der Waals surface area (Å²) in [6, 6.07) is 0. The highest BCUT2D eigenvalue weighted by Gasteiger charge is 2.14. The summed E-state index contributed by atoms with van der Waals surface area (Å²) in [5.41, 5.74) is 0. The van der Waals surface area contributed by atoms with E-state index in [2.05, 4.69) is 33.7 Å². The highest BCUT2D eigenvalue weighted by Crippen LogP contribution is 2.14. The van der Waals surface area contributed by atoms with E-state index in [4.69, 9.17) is 0 Å². The second-order valence-corrected chi connectivity index (χ2v) is 5.93. The zero-order chi connectivity index (χ0) is 13.2. The van der Waals surface area contributed by atoms with E-state index in [1.165, 1.54) is 25.9 Å². The van der Waals surface area contributed by atoms with Crippen molar-refractivity contribution < 1.29 is 0 Å². The number of halogens is 1. The molecule has 1 fully saturated rings. The maximum Gasteiger partial charge on any atom is 0.191 e. The number of nitrogens with zero attached hydrogens (tertiary/aromatic N) is 2. The number of guanidine groups is 1. The standard InChI is InChI=1S/C13H28N4S.HI/c1-12-4-8-17(9-5-12)10-6-15-13(14-2)16-7-11-18-3;/h12H,4-11H2,1-3H3,(H2,14,15,16);1H. The van der Waals surface area contributed by atoms with E-state index in [1.807, 2.05) is 18.8 Å². The summed E-state index contributed by atoms with van der Waals surface area (Å²) in [7, 11) is 1.83. The van der Waals surface area contributed by atoms with Gasteiger partial charge in [-0.25, -0.2) is 0 Å². The van der Waals surface area contributed by atoms with E-state index in [0.29, 0.717) is 0 Å². The number of rotatable bonds is 6. The summed E-state index contributed by atoms with van der Waals surface area (Å²) < 4.78 is 0. The summed E-state index contributed by atoms with van der Waals surface area (Å²) in [6.45, 7) is 7.93. The average Bonchev–Trinajstić information content (AvgIpc) is 2.39. The van der Waals surface area contributed by atoms with Crippen LogP contribution in [0, 0.1) is 5.92 Å². The number of piperidine rings is 1. The maximum absolute atomic E-state index is 4.22. The third-order valence-corrected chi connectivity index (χ3v) is 4.03. The van der Waals surface area contributed by atoms with E-state index < -0.39 is 0 Å². The molecule has 1 saturated heterocycles. The van der Waals surface area contributed by atoms with Gasteiger partial charge in [-0.15, -0.1) is 24.0 Å². The first-order chi connectivity index (χ1) is 8.76. The fourth-order valence-electron chi connectivity index (χ4n) is 2.11. The van der Waals surface area contributed by atoms with Crippen molar-refractivity contribution in [2.45, 2.75) is 19.8 Å². The van der Waals surface area contributed by atoms with Crippen LogP contribution in [0.5, 0.6) is 0 Å². The van der Waals surface area contributed by atoms with Crippen molar-refractivity contribution in [3.05, 3.63) is 0 Å². The van der Waals surface area contributed by atoms with Gasteiger partial charge in [0.1, 0.15) is 0 Å². The molecule has 0 unspecified atom stereocenters. The van der Waals surface area contributed by atoms with Gasteiger partial charge in [-0.1, -0.05) is 6.92 Å². The Labute approximate surface area is 139 Å². The SMILES string of the molecule is CN=C(NCCSC)NCCN1CCC(C)CC1.I. The molecule has 0 amide bonds. The van der Waals surface area contributed by atoms with Crippen LogP contribution in [0.25, 0.3) is 0 Å². The zero-order valence-electron chi connectivity index (χ0n) is 12.4. The lowest BCUT2D eigenvalue weighted by molar-refractivity contribution is 0.195. The molecule has 0 spiro atoms. The molecule has 114 valence electrons. The molecule has 1 aliphatic rings. The molecule has 2 N–H and O–H groups in total. The second kappa shape index (κ2) is 12.1. The van der Waals surface area contributed by atoms with Crippen molar-refractivity contribution in [1.29, 1.82) is 0 Å². The first-order valence-corrected chi connectivity index (χ1v) is 8.31. The summed E-state index contributed by atoms with van der Waals surface area (Å²) in [5, 5.41) is 6.69. The monoisotopic (exact) mass is 400 g/mol. The number of hydrogen-bond acceptors (Lipinski definition) is 3. The largest absolute Gasteiger partial charge is 0.356 e. The molecule has 0 radical (unpaired) electrons. The third kappa shape index (κ3) is 8.96. The summed E-state index contributed by atoms with van der Waals surface area (Å²) in [4.78, 5) is 6.77. The molecule has 1 aliphatic heterocycles. The van der Waals surface area contributed by atoms with Gasteiger partial charge in [0, 0.05) is 32.4 Å². The Morgan fingerprint density at radius 2 is 1.89 bits per heavy atom. The minimum absolute atomic E-state index is 0. The lowest BCUT2D eigenvalue weighted by atomic mass is 9.99. The van der Waals surface area contributed by atoms with Gasteiger partial charge in [-0.3, -0.25) is 4.99 Å². The van der Waals surface area contributed by atoms with Crippen molar-refractivity contribution in [1.82, 2.24) is 15.5 Å². The van der Waals surface area contributed by atoms with Crippen LogP contribution in [-0.2, 0) is 0 Å². The number of nitrogens with one attached hydrogen (secondary N) is 2. The van der Waals surface area contributed by atoms with Crippen molar-refractivity contribution in [3.8, 4) is 0 Å². The van der Waals surface area contributed by atoms with Crippen molar-refractivity contribution in [3.63, 3.8) is 0 Å². The minimum atomic E-state index is 0. The molecule has 0 aromatic heterocycles. The van der Waals surface area contributed by atoms with Crippen LogP contribution in [0.4, 0.5) is 0 Å². The Morgan fingerprint density at radius 1 is 1.26 bits per heavy atom. The molecule has 0 saturated carbocycles. The van der Waals surface area contributed by atoms with Crippen molar-refractivity contribution >= 4 is 41.7 Å². The molecule has 19 heavy (non-hydrogen) atoms. The molecule has 0 atom stereocenters. The summed E-state index contributed by atoms with van der Waals surface area (Å²) in [6.07, 6.45) is 4.82. The van der Waals surface area contributed by atoms with Gasteiger partial charge in [0.15, 0.2) is 5.96 Å². The quantitative estimate of drug-likeness (QED) is 0.309. The number of thioether (sulfide) groups is 1. The molecule has 0 aliphatic carbocycles. The molecule has 1 heterocycles. The van der Waals surface area contributed by atoms with Gasteiger partial charge in [-0.05, 0) is 38.1 Å². The second-order valence-electron chi connectivity index (χ2n) is 4.94. The molecule has 0 aromatic carbocycles. The predicted molar refractivity (Wildman–Crippen MR) is 98.0 cm³/mol. The third-order valence-electron chi connectivity index (χ3n) is 3.42. The Morgan fingerprint density at radius 3 is 2.47 bits per heavy atom. The maximum atomic E-state index is 4.22. The van der Waals surface area contributed by atoms with E-state index in [0.717, 1.165) is 37.3 Å².